The maximum atomic E-state index is 11.5. The number of primary amides is 1. The van der Waals surface area contributed by atoms with Crippen LogP contribution >= 0.6 is 0 Å². The van der Waals surface area contributed by atoms with Crippen molar-refractivity contribution in [1.29, 1.82) is 0 Å². The van der Waals surface area contributed by atoms with Gasteiger partial charge in [0.1, 0.15) is 5.69 Å². The second-order valence-corrected chi connectivity index (χ2v) is 3.24. The number of rotatable bonds is 5. The summed E-state index contributed by atoms with van der Waals surface area (Å²) in [5, 5.41) is 19.9. The van der Waals surface area contributed by atoms with Gasteiger partial charge in [-0.2, -0.15) is 0 Å². The Morgan fingerprint density at radius 1 is 1.59 bits per heavy atom. The topological polar surface area (TPSA) is 126 Å². The van der Waals surface area contributed by atoms with Crippen LogP contribution in [-0.4, -0.2) is 46.3 Å². The molecule has 5 N–H and O–H groups in total. The van der Waals surface area contributed by atoms with Crippen molar-refractivity contribution in [1.82, 2.24) is 10.3 Å². The van der Waals surface area contributed by atoms with Crippen molar-refractivity contribution in [3.8, 4) is 0 Å². The number of carbonyl (C=O) groups excluding carboxylic acids is 2. The Kier molecular flexibility index (Phi) is 4.56. The number of aliphatic hydroxyl groups is 2. The van der Waals surface area contributed by atoms with E-state index in [4.69, 9.17) is 15.9 Å². The highest BCUT2D eigenvalue weighted by Crippen LogP contribution is 2.00. The Morgan fingerprint density at radius 2 is 2.29 bits per heavy atom. The fraction of sp³-hybridized carbons (Fsp3) is 0.300. The molecule has 0 bridgehead atoms. The van der Waals surface area contributed by atoms with Crippen molar-refractivity contribution in [3.63, 3.8) is 0 Å². The molecule has 1 heterocycles. The zero-order chi connectivity index (χ0) is 12.8. The quantitative estimate of drug-likeness (QED) is 0.475. The van der Waals surface area contributed by atoms with Crippen LogP contribution in [0, 0.1) is 6.07 Å². The Morgan fingerprint density at radius 3 is 2.88 bits per heavy atom. The number of amides is 2. The molecule has 0 saturated heterocycles. The van der Waals surface area contributed by atoms with E-state index in [9.17, 15) is 9.59 Å². The van der Waals surface area contributed by atoms with Crippen molar-refractivity contribution >= 4 is 11.8 Å². The second-order valence-electron chi connectivity index (χ2n) is 3.24. The smallest absolute Gasteiger partial charge is 0.267 e. The van der Waals surface area contributed by atoms with Gasteiger partial charge < -0.3 is 21.3 Å². The lowest BCUT2D eigenvalue weighted by molar-refractivity contribution is 0.0801. The van der Waals surface area contributed by atoms with E-state index in [0.717, 1.165) is 0 Å². The molecule has 7 heteroatoms. The van der Waals surface area contributed by atoms with Crippen LogP contribution in [0.25, 0.3) is 0 Å². The monoisotopic (exact) mass is 238 g/mol. The third-order valence-electron chi connectivity index (χ3n) is 1.88. The molecule has 0 saturated carbocycles. The molecule has 1 aromatic heterocycles. The maximum absolute atomic E-state index is 11.5. The SMILES string of the molecule is NC(=O)c1[c]c(C(=O)NCC(O)CO)ccn1. The lowest BCUT2D eigenvalue weighted by Gasteiger charge is -2.08. The molecule has 2 amide bonds. The molecule has 0 aromatic carbocycles. The molecule has 0 aliphatic carbocycles. The van der Waals surface area contributed by atoms with Gasteiger partial charge in [-0.15, -0.1) is 0 Å². The van der Waals surface area contributed by atoms with E-state index in [0.29, 0.717) is 0 Å². The van der Waals surface area contributed by atoms with Crippen molar-refractivity contribution in [3.05, 3.63) is 29.6 Å². The van der Waals surface area contributed by atoms with Crippen LogP contribution in [0.5, 0.6) is 0 Å². The first kappa shape index (κ1) is 13.1. The Labute approximate surface area is 97.3 Å². The lowest BCUT2D eigenvalue weighted by Crippen LogP contribution is -2.34. The van der Waals surface area contributed by atoms with Gasteiger partial charge in [0.15, 0.2) is 0 Å². The van der Waals surface area contributed by atoms with Gasteiger partial charge >= 0.3 is 0 Å². The summed E-state index contributed by atoms with van der Waals surface area (Å²) in [7, 11) is 0. The first-order chi connectivity index (χ1) is 8.04. The number of hydrogen-bond donors (Lipinski definition) is 4. The number of pyridine rings is 1. The minimum absolute atomic E-state index is 0.0824. The van der Waals surface area contributed by atoms with Gasteiger partial charge in [-0.05, 0) is 6.07 Å². The molecule has 1 aromatic rings. The highest BCUT2D eigenvalue weighted by atomic mass is 16.3. The number of aliphatic hydroxyl groups excluding tert-OH is 2. The molecule has 0 spiro atoms. The van der Waals surface area contributed by atoms with Crippen LogP contribution in [0.4, 0.5) is 0 Å². The molecule has 0 fully saturated rings. The number of carbonyl (C=O) groups is 2. The summed E-state index contributed by atoms with van der Waals surface area (Å²) < 4.78 is 0. The van der Waals surface area contributed by atoms with Gasteiger partial charge in [-0.3, -0.25) is 14.6 Å². The normalized spacial score (nSPS) is 11.9. The fourth-order valence-electron chi connectivity index (χ4n) is 1.02. The number of nitrogens with one attached hydrogen (secondary N) is 1. The van der Waals surface area contributed by atoms with Crippen molar-refractivity contribution in [2.45, 2.75) is 6.10 Å². The minimum Gasteiger partial charge on any atom is -0.394 e. The van der Waals surface area contributed by atoms with Crippen LogP contribution in [0.3, 0.4) is 0 Å². The second kappa shape index (κ2) is 5.92. The van der Waals surface area contributed by atoms with E-state index < -0.39 is 24.5 Å². The molecule has 1 radical (unpaired) electrons. The molecule has 0 aliphatic rings. The Balaban J connectivity index is 2.69. The predicted octanol–water partition coefficient (Wildman–Crippen LogP) is -1.94. The van der Waals surface area contributed by atoms with Gasteiger partial charge in [0.05, 0.1) is 18.3 Å². The van der Waals surface area contributed by atoms with Gasteiger partial charge in [-0.25, -0.2) is 0 Å². The Hall–Kier alpha value is -1.99. The van der Waals surface area contributed by atoms with E-state index in [1.165, 1.54) is 12.3 Å². The molecule has 1 unspecified atom stereocenters. The number of nitrogens with two attached hydrogens (primary N) is 1. The average molecular weight is 238 g/mol. The maximum Gasteiger partial charge on any atom is 0.267 e. The summed E-state index contributed by atoms with van der Waals surface area (Å²) in [6, 6.07) is 3.80. The highest BCUT2D eigenvalue weighted by Gasteiger charge is 2.11. The number of nitrogens with zero attached hydrogens (tertiary/aromatic N) is 1. The van der Waals surface area contributed by atoms with E-state index in [1.54, 1.807) is 0 Å². The summed E-state index contributed by atoms with van der Waals surface area (Å²) in [5.41, 5.74) is 4.93. The number of aromatic nitrogens is 1. The van der Waals surface area contributed by atoms with Gasteiger partial charge in [0.2, 0.25) is 0 Å². The van der Waals surface area contributed by atoms with E-state index >= 15 is 0 Å². The van der Waals surface area contributed by atoms with Crippen LogP contribution in [0.1, 0.15) is 20.8 Å². The largest absolute Gasteiger partial charge is 0.394 e. The average Bonchev–Trinajstić information content (AvgIpc) is 2.35. The third-order valence-corrected chi connectivity index (χ3v) is 1.88. The van der Waals surface area contributed by atoms with E-state index in [1.807, 2.05) is 0 Å². The molecule has 91 valence electrons. The van der Waals surface area contributed by atoms with Crippen molar-refractivity contribution < 1.29 is 19.8 Å². The standard InChI is InChI=1S/C10H12N3O4/c11-9(16)8-3-6(1-2-12-8)10(17)13-4-7(15)5-14/h1-2,7,14-15H,4-5H2,(H2,11,16)(H,13,17). The molecule has 0 aliphatic heterocycles. The lowest BCUT2D eigenvalue weighted by atomic mass is 10.2. The van der Waals surface area contributed by atoms with E-state index in [-0.39, 0.29) is 17.8 Å². The molecular formula is C10H12N3O4. The fourth-order valence-corrected chi connectivity index (χ4v) is 1.02. The summed E-state index contributed by atoms with van der Waals surface area (Å²) in [6.07, 6.45) is 0.227. The van der Waals surface area contributed by atoms with Gasteiger partial charge in [0, 0.05) is 18.8 Å². The van der Waals surface area contributed by atoms with Gasteiger partial charge in [0.25, 0.3) is 11.8 Å². The van der Waals surface area contributed by atoms with Gasteiger partial charge in [-0.1, -0.05) is 0 Å². The Bertz CT molecular complexity index is 422. The zero-order valence-corrected chi connectivity index (χ0v) is 8.88. The zero-order valence-electron chi connectivity index (χ0n) is 8.88. The minimum atomic E-state index is -1.03. The van der Waals surface area contributed by atoms with Crippen LogP contribution in [-0.2, 0) is 0 Å². The summed E-state index contributed by atoms with van der Waals surface area (Å²) in [6.45, 7) is -0.551. The summed E-state index contributed by atoms with van der Waals surface area (Å²) in [5.74, 6) is -1.32. The van der Waals surface area contributed by atoms with Crippen LogP contribution in [0.15, 0.2) is 12.3 Å². The van der Waals surface area contributed by atoms with Crippen molar-refractivity contribution in [2.24, 2.45) is 5.73 Å². The number of hydrogen-bond acceptors (Lipinski definition) is 5. The molecule has 7 nitrogen and oxygen atoms in total. The summed E-state index contributed by atoms with van der Waals surface area (Å²) in [4.78, 5) is 26.0. The molecule has 1 rings (SSSR count). The van der Waals surface area contributed by atoms with E-state index in [2.05, 4.69) is 16.4 Å². The summed E-state index contributed by atoms with van der Waals surface area (Å²) >= 11 is 0. The third kappa shape index (κ3) is 3.82. The first-order valence-electron chi connectivity index (χ1n) is 4.80. The van der Waals surface area contributed by atoms with Crippen LogP contribution < -0.4 is 11.1 Å². The van der Waals surface area contributed by atoms with Crippen LogP contribution in [0.2, 0.25) is 0 Å². The molecular weight excluding hydrogens is 226 g/mol. The highest BCUT2D eigenvalue weighted by molar-refractivity contribution is 5.97. The predicted molar refractivity (Wildman–Crippen MR) is 57.0 cm³/mol. The molecule has 17 heavy (non-hydrogen) atoms. The first-order valence-corrected chi connectivity index (χ1v) is 4.80. The molecule has 1 atom stereocenters. The van der Waals surface area contributed by atoms with Crippen molar-refractivity contribution in [2.75, 3.05) is 13.2 Å².